The third kappa shape index (κ3) is 4.84. The van der Waals surface area contributed by atoms with Crippen LogP contribution in [0.25, 0.3) is 11.3 Å². The Morgan fingerprint density at radius 2 is 1.71 bits per heavy atom. The fourth-order valence-corrected chi connectivity index (χ4v) is 4.26. The van der Waals surface area contributed by atoms with Gasteiger partial charge in [-0.1, -0.05) is 24.3 Å². The highest BCUT2D eigenvalue weighted by Crippen LogP contribution is 2.38. The summed E-state index contributed by atoms with van der Waals surface area (Å²) < 4.78 is 42.0. The molecule has 0 spiro atoms. The first kappa shape index (κ1) is 23.2. The first-order valence-electron chi connectivity index (χ1n) is 10.2. The molecular weight excluding hydrogens is 459 g/mol. The number of benzene rings is 3. The molecule has 1 heterocycles. The Kier molecular flexibility index (Phi) is 6.21. The molecule has 1 amide bonds. The number of ether oxygens (including phenoxy) is 1. The predicted octanol–water partition coefficient (Wildman–Crippen LogP) is 3.88. The van der Waals surface area contributed by atoms with Crippen LogP contribution in [0.3, 0.4) is 0 Å². The normalized spacial score (nSPS) is 14.3. The van der Waals surface area contributed by atoms with E-state index in [9.17, 15) is 22.4 Å². The Hall–Kier alpha value is -3.98. The number of esters is 1. The Labute approximate surface area is 196 Å². The molecular formula is C25H21FN2O5S. The lowest BCUT2D eigenvalue weighted by molar-refractivity contribution is -0.139. The van der Waals surface area contributed by atoms with Crippen LogP contribution in [0.1, 0.15) is 16.7 Å². The Morgan fingerprint density at radius 3 is 2.32 bits per heavy atom. The number of anilines is 2. The molecule has 1 aliphatic rings. The van der Waals surface area contributed by atoms with Gasteiger partial charge in [-0.3, -0.25) is 9.59 Å². The summed E-state index contributed by atoms with van der Waals surface area (Å²) in [4.78, 5) is 24.7. The second-order valence-electron chi connectivity index (χ2n) is 7.77. The molecule has 0 atom stereocenters. The van der Waals surface area contributed by atoms with Gasteiger partial charge in [-0.05, 0) is 53.6 Å². The molecule has 7 nitrogen and oxygen atoms in total. The van der Waals surface area contributed by atoms with Crippen LogP contribution in [-0.2, 0) is 30.6 Å². The van der Waals surface area contributed by atoms with E-state index < -0.39 is 21.6 Å². The van der Waals surface area contributed by atoms with Crippen molar-refractivity contribution in [3.8, 4) is 0 Å². The number of amides is 1. The lowest BCUT2D eigenvalue weighted by atomic mass is 9.98. The van der Waals surface area contributed by atoms with Crippen molar-refractivity contribution in [2.45, 2.75) is 11.3 Å². The largest absolute Gasteiger partial charge is 0.469 e. The number of hydrogen-bond donors (Lipinski definition) is 2. The van der Waals surface area contributed by atoms with Crippen LogP contribution in [-0.4, -0.2) is 33.7 Å². The van der Waals surface area contributed by atoms with Gasteiger partial charge in [0.2, 0.25) is 0 Å². The minimum Gasteiger partial charge on any atom is -0.469 e. The van der Waals surface area contributed by atoms with Gasteiger partial charge in [0.25, 0.3) is 5.91 Å². The molecule has 0 unspecified atom stereocenters. The fraction of sp³-hybridized carbons (Fsp3) is 0.120. The molecule has 0 fully saturated rings. The summed E-state index contributed by atoms with van der Waals surface area (Å²) in [6, 6.07) is 17.2. The maximum absolute atomic E-state index is 13.7. The second-order valence-corrected chi connectivity index (χ2v) is 9.78. The van der Waals surface area contributed by atoms with Crippen LogP contribution < -0.4 is 10.6 Å². The van der Waals surface area contributed by atoms with Crippen molar-refractivity contribution in [3.63, 3.8) is 0 Å². The maximum atomic E-state index is 13.7. The van der Waals surface area contributed by atoms with Gasteiger partial charge in [0.05, 0.1) is 35.4 Å². The lowest BCUT2D eigenvalue weighted by Gasteiger charge is -2.15. The molecule has 4 rings (SSSR count). The third-order valence-corrected chi connectivity index (χ3v) is 6.48. The van der Waals surface area contributed by atoms with E-state index in [0.29, 0.717) is 33.8 Å². The first-order chi connectivity index (χ1) is 16.2. The highest BCUT2D eigenvalue weighted by atomic mass is 32.2. The molecule has 1 aliphatic heterocycles. The quantitative estimate of drug-likeness (QED) is 0.410. The van der Waals surface area contributed by atoms with Crippen molar-refractivity contribution < 1.29 is 27.1 Å². The lowest BCUT2D eigenvalue weighted by Crippen LogP contribution is -2.10. The van der Waals surface area contributed by atoms with E-state index in [2.05, 4.69) is 10.6 Å². The highest BCUT2D eigenvalue weighted by Gasteiger charge is 2.29. The Morgan fingerprint density at radius 1 is 1.03 bits per heavy atom. The molecule has 2 N–H and O–H groups in total. The van der Waals surface area contributed by atoms with E-state index in [1.54, 1.807) is 36.4 Å². The number of halogens is 1. The molecule has 0 radical (unpaired) electrons. The van der Waals surface area contributed by atoms with E-state index >= 15 is 0 Å². The molecule has 0 saturated carbocycles. The number of carbonyl (C=O) groups is 2. The van der Waals surface area contributed by atoms with Gasteiger partial charge in [-0.25, -0.2) is 12.8 Å². The van der Waals surface area contributed by atoms with Gasteiger partial charge in [0, 0.05) is 17.5 Å². The zero-order chi connectivity index (χ0) is 24.5. The van der Waals surface area contributed by atoms with Crippen LogP contribution in [0, 0.1) is 5.82 Å². The minimum absolute atomic E-state index is 0.103. The summed E-state index contributed by atoms with van der Waals surface area (Å²) in [5, 5.41) is 5.89. The standard InChI is InChI=1S/C25H21FN2O5S/c1-33-22(29)13-15-3-5-16(6-4-15)24(27-18-8-10-19(11-9-18)34(2,31)32)23-20-12-7-17(26)14-21(20)28-25(23)30/h3-12,14,27H,13H2,1-2H3,(H,28,30)/b24-23-. The Bertz CT molecular complexity index is 1410. The number of fused-ring (bicyclic) bond motifs is 1. The average Bonchev–Trinajstić information content (AvgIpc) is 3.12. The molecule has 9 heteroatoms. The van der Waals surface area contributed by atoms with Crippen LogP contribution in [0.4, 0.5) is 15.8 Å². The molecule has 34 heavy (non-hydrogen) atoms. The summed E-state index contributed by atoms with van der Waals surface area (Å²) >= 11 is 0. The summed E-state index contributed by atoms with van der Waals surface area (Å²) in [7, 11) is -2.05. The van der Waals surface area contributed by atoms with E-state index in [4.69, 9.17) is 4.74 Å². The number of methoxy groups -OCH3 is 1. The van der Waals surface area contributed by atoms with Gasteiger partial charge in [0.1, 0.15) is 5.82 Å². The number of nitrogens with one attached hydrogen (secondary N) is 2. The monoisotopic (exact) mass is 480 g/mol. The van der Waals surface area contributed by atoms with Crippen molar-refractivity contribution >= 4 is 44.4 Å². The average molecular weight is 481 g/mol. The van der Waals surface area contributed by atoms with Crippen molar-refractivity contribution in [3.05, 3.63) is 89.2 Å². The van der Waals surface area contributed by atoms with Crippen LogP contribution >= 0.6 is 0 Å². The minimum atomic E-state index is -3.36. The smallest absolute Gasteiger partial charge is 0.309 e. The third-order valence-electron chi connectivity index (χ3n) is 5.35. The number of carbonyl (C=O) groups excluding carboxylic acids is 2. The summed E-state index contributed by atoms with van der Waals surface area (Å²) in [6.45, 7) is 0. The molecule has 0 aromatic heterocycles. The van der Waals surface area contributed by atoms with E-state index in [0.717, 1.165) is 11.8 Å². The van der Waals surface area contributed by atoms with Gasteiger partial charge in [-0.2, -0.15) is 0 Å². The summed E-state index contributed by atoms with van der Waals surface area (Å²) in [5.41, 5.74) is 3.56. The topological polar surface area (TPSA) is 102 Å². The van der Waals surface area contributed by atoms with Gasteiger partial charge >= 0.3 is 5.97 Å². The van der Waals surface area contributed by atoms with Crippen molar-refractivity contribution in [1.82, 2.24) is 0 Å². The van der Waals surface area contributed by atoms with Gasteiger partial charge in [-0.15, -0.1) is 0 Å². The van der Waals surface area contributed by atoms with Gasteiger partial charge < -0.3 is 15.4 Å². The molecule has 0 aliphatic carbocycles. The van der Waals surface area contributed by atoms with Crippen LogP contribution in [0.15, 0.2) is 71.6 Å². The summed E-state index contributed by atoms with van der Waals surface area (Å²) in [5.74, 6) is -1.26. The number of hydrogen-bond acceptors (Lipinski definition) is 6. The highest BCUT2D eigenvalue weighted by molar-refractivity contribution is 7.90. The Balaban J connectivity index is 1.80. The number of sulfone groups is 1. The zero-order valence-corrected chi connectivity index (χ0v) is 19.2. The molecule has 3 aromatic rings. The number of rotatable bonds is 6. The van der Waals surface area contributed by atoms with Crippen molar-refractivity contribution in [1.29, 1.82) is 0 Å². The SMILES string of the molecule is COC(=O)Cc1ccc(/C(Nc2ccc(S(C)(=O)=O)cc2)=C2/C(=O)Nc3cc(F)ccc32)cc1. The molecule has 3 aromatic carbocycles. The zero-order valence-electron chi connectivity index (χ0n) is 18.4. The molecule has 174 valence electrons. The second kappa shape index (κ2) is 9.11. The van der Waals surface area contributed by atoms with E-state index in [1.165, 1.54) is 37.4 Å². The van der Waals surface area contributed by atoms with Gasteiger partial charge in [0.15, 0.2) is 9.84 Å². The summed E-state index contributed by atoms with van der Waals surface area (Å²) in [6.07, 6.45) is 1.23. The molecule has 0 saturated heterocycles. The molecule has 0 bridgehead atoms. The van der Waals surface area contributed by atoms with Crippen molar-refractivity contribution in [2.75, 3.05) is 24.0 Å². The predicted molar refractivity (Wildman–Crippen MR) is 127 cm³/mol. The van der Waals surface area contributed by atoms with Crippen LogP contribution in [0.5, 0.6) is 0 Å². The van der Waals surface area contributed by atoms with E-state index in [1.807, 2.05) is 0 Å². The van der Waals surface area contributed by atoms with E-state index in [-0.39, 0.29) is 17.3 Å². The first-order valence-corrected chi connectivity index (χ1v) is 12.1. The maximum Gasteiger partial charge on any atom is 0.309 e. The fourth-order valence-electron chi connectivity index (χ4n) is 3.63. The van der Waals surface area contributed by atoms with Crippen molar-refractivity contribution in [2.24, 2.45) is 0 Å². The van der Waals surface area contributed by atoms with Crippen LogP contribution in [0.2, 0.25) is 0 Å².